The minimum absolute atomic E-state index is 0.317. The van der Waals surface area contributed by atoms with E-state index in [0.29, 0.717) is 17.7 Å². The zero-order chi connectivity index (χ0) is 8.43. The molecule has 0 radical (unpaired) electrons. The molecule has 0 N–H and O–H groups in total. The third-order valence-corrected chi connectivity index (χ3v) is 2.52. The van der Waals surface area contributed by atoms with Crippen molar-refractivity contribution in [2.75, 3.05) is 13.1 Å². The van der Waals surface area contributed by atoms with Crippen molar-refractivity contribution in [1.82, 2.24) is 4.90 Å². The highest BCUT2D eigenvalue weighted by molar-refractivity contribution is 5.78. The van der Waals surface area contributed by atoms with Crippen molar-refractivity contribution < 1.29 is 4.79 Å². The van der Waals surface area contributed by atoms with Crippen molar-refractivity contribution in [2.24, 2.45) is 5.92 Å². The lowest BCUT2D eigenvalue weighted by Gasteiger charge is -2.19. The molecule has 2 heteroatoms. The molecule has 1 aliphatic heterocycles. The third kappa shape index (κ3) is 2.03. The summed E-state index contributed by atoms with van der Waals surface area (Å²) in [4.78, 5) is 13.4. The summed E-state index contributed by atoms with van der Waals surface area (Å²) in [5, 5.41) is 0. The van der Waals surface area contributed by atoms with Crippen LogP contribution >= 0.6 is 0 Å². The number of hydrogen-bond acceptors (Lipinski definition) is 2. The SMILES string of the molecule is CC(=O)C1CCN(C(C)C)C1. The predicted molar refractivity (Wildman–Crippen MR) is 45.5 cm³/mol. The van der Waals surface area contributed by atoms with Gasteiger partial charge in [-0.15, -0.1) is 0 Å². The minimum atomic E-state index is 0.317. The van der Waals surface area contributed by atoms with Gasteiger partial charge in [0.2, 0.25) is 0 Å². The van der Waals surface area contributed by atoms with Gasteiger partial charge in [0.25, 0.3) is 0 Å². The van der Waals surface area contributed by atoms with Crippen molar-refractivity contribution >= 4 is 5.78 Å². The second-order valence-electron chi connectivity index (χ2n) is 3.68. The first-order chi connectivity index (χ1) is 5.11. The lowest BCUT2D eigenvalue weighted by atomic mass is 10.1. The fourth-order valence-corrected chi connectivity index (χ4v) is 1.59. The number of rotatable bonds is 2. The summed E-state index contributed by atoms with van der Waals surface area (Å²) in [7, 11) is 0. The highest BCUT2D eigenvalue weighted by atomic mass is 16.1. The van der Waals surface area contributed by atoms with Gasteiger partial charge in [0.1, 0.15) is 5.78 Å². The second-order valence-corrected chi connectivity index (χ2v) is 3.68. The van der Waals surface area contributed by atoms with Gasteiger partial charge in [-0.25, -0.2) is 0 Å². The van der Waals surface area contributed by atoms with Crippen LogP contribution in [0.4, 0.5) is 0 Å². The molecular formula is C9H17NO. The van der Waals surface area contributed by atoms with Crippen LogP contribution in [-0.2, 0) is 4.79 Å². The van der Waals surface area contributed by atoms with Gasteiger partial charge in [-0.3, -0.25) is 4.79 Å². The van der Waals surface area contributed by atoms with Crippen molar-refractivity contribution in [2.45, 2.75) is 33.2 Å². The molecule has 0 spiro atoms. The molecule has 1 aliphatic rings. The van der Waals surface area contributed by atoms with Crippen LogP contribution in [0.2, 0.25) is 0 Å². The molecule has 0 saturated carbocycles. The Balaban J connectivity index is 2.41. The molecule has 0 aromatic rings. The number of likely N-dealkylation sites (tertiary alicyclic amines) is 1. The van der Waals surface area contributed by atoms with E-state index in [1.54, 1.807) is 6.92 Å². The van der Waals surface area contributed by atoms with Gasteiger partial charge in [0, 0.05) is 18.5 Å². The molecule has 2 nitrogen and oxygen atoms in total. The van der Waals surface area contributed by atoms with Gasteiger partial charge in [-0.1, -0.05) is 0 Å². The summed E-state index contributed by atoms with van der Waals surface area (Å²) >= 11 is 0. The molecule has 1 unspecified atom stereocenters. The zero-order valence-corrected chi connectivity index (χ0v) is 7.63. The quantitative estimate of drug-likeness (QED) is 0.599. The van der Waals surface area contributed by atoms with Crippen molar-refractivity contribution in [1.29, 1.82) is 0 Å². The smallest absolute Gasteiger partial charge is 0.134 e. The first-order valence-corrected chi connectivity index (χ1v) is 4.35. The van der Waals surface area contributed by atoms with E-state index >= 15 is 0 Å². The summed E-state index contributed by atoms with van der Waals surface area (Å²) in [5.74, 6) is 0.672. The van der Waals surface area contributed by atoms with E-state index in [9.17, 15) is 4.79 Å². The number of hydrogen-bond donors (Lipinski definition) is 0. The maximum atomic E-state index is 11.0. The lowest BCUT2D eigenvalue weighted by molar-refractivity contribution is -0.120. The van der Waals surface area contributed by atoms with Crippen LogP contribution in [0.25, 0.3) is 0 Å². The molecule has 11 heavy (non-hydrogen) atoms. The maximum Gasteiger partial charge on any atom is 0.134 e. The Hall–Kier alpha value is -0.370. The Morgan fingerprint density at radius 2 is 2.18 bits per heavy atom. The van der Waals surface area contributed by atoms with Crippen molar-refractivity contribution in [3.63, 3.8) is 0 Å². The molecule has 64 valence electrons. The fourth-order valence-electron chi connectivity index (χ4n) is 1.59. The zero-order valence-electron chi connectivity index (χ0n) is 7.63. The monoisotopic (exact) mass is 155 g/mol. The van der Waals surface area contributed by atoms with E-state index in [1.807, 2.05) is 0 Å². The van der Waals surface area contributed by atoms with Crippen LogP contribution in [0, 0.1) is 5.92 Å². The molecule has 0 bridgehead atoms. The average Bonchev–Trinajstić information content (AvgIpc) is 2.33. The van der Waals surface area contributed by atoms with Crippen LogP contribution in [0.3, 0.4) is 0 Å². The normalized spacial score (nSPS) is 26.4. The number of ketones is 1. The maximum absolute atomic E-state index is 11.0. The lowest BCUT2D eigenvalue weighted by Crippen LogP contribution is -2.29. The molecule has 1 heterocycles. The van der Waals surface area contributed by atoms with Crippen molar-refractivity contribution in [3.8, 4) is 0 Å². The molecule has 1 rings (SSSR count). The second kappa shape index (κ2) is 3.35. The predicted octanol–water partition coefficient (Wildman–Crippen LogP) is 1.31. The van der Waals surface area contributed by atoms with E-state index in [-0.39, 0.29) is 0 Å². The van der Waals surface area contributed by atoms with Gasteiger partial charge < -0.3 is 4.90 Å². The van der Waals surface area contributed by atoms with Crippen LogP contribution in [0.5, 0.6) is 0 Å². The number of carbonyl (C=O) groups is 1. The Kier molecular flexibility index (Phi) is 2.66. The Bertz CT molecular complexity index is 154. The summed E-state index contributed by atoms with van der Waals surface area (Å²) in [5.41, 5.74) is 0. The van der Waals surface area contributed by atoms with Crippen LogP contribution in [-0.4, -0.2) is 29.8 Å². The summed E-state index contributed by atoms with van der Waals surface area (Å²) in [6.07, 6.45) is 1.06. The first kappa shape index (κ1) is 8.72. The molecular weight excluding hydrogens is 138 g/mol. The molecule has 0 aromatic carbocycles. The summed E-state index contributed by atoms with van der Waals surface area (Å²) in [6, 6.07) is 0.597. The van der Waals surface area contributed by atoms with E-state index < -0.39 is 0 Å². The molecule has 1 fully saturated rings. The van der Waals surface area contributed by atoms with Crippen molar-refractivity contribution in [3.05, 3.63) is 0 Å². The molecule has 0 aromatic heterocycles. The highest BCUT2D eigenvalue weighted by Crippen LogP contribution is 2.18. The van der Waals surface area contributed by atoms with Gasteiger partial charge in [-0.2, -0.15) is 0 Å². The molecule has 0 amide bonds. The number of nitrogens with zero attached hydrogens (tertiary/aromatic N) is 1. The van der Waals surface area contributed by atoms with E-state index in [4.69, 9.17) is 0 Å². The molecule has 1 saturated heterocycles. The fraction of sp³-hybridized carbons (Fsp3) is 0.889. The minimum Gasteiger partial charge on any atom is -0.300 e. The first-order valence-electron chi connectivity index (χ1n) is 4.35. The van der Waals surface area contributed by atoms with Crippen LogP contribution < -0.4 is 0 Å². The average molecular weight is 155 g/mol. The van der Waals surface area contributed by atoms with Crippen LogP contribution in [0.1, 0.15) is 27.2 Å². The summed E-state index contributed by atoms with van der Waals surface area (Å²) < 4.78 is 0. The summed E-state index contributed by atoms with van der Waals surface area (Å²) in [6.45, 7) is 8.15. The largest absolute Gasteiger partial charge is 0.300 e. The highest BCUT2D eigenvalue weighted by Gasteiger charge is 2.26. The standard InChI is InChI=1S/C9H17NO/c1-7(2)10-5-4-9(6-10)8(3)11/h7,9H,4-6H2,1-3H3. The van der Waals surface area contributed by atoms with Gasteiger partial charge in [0.15, 0.2) is 0 Å². The van der Waals surface area contributed by atoms with Gasteiger partial charge >= 0.3 is 0 Å². The van der Waals surface area contributed by atoms with E-state index in [2.05, 4.69) is 18.7 Å². The number of Topliss-reactive ketones (excluding diaryl/α,β-unsaturated/α-hetero) is 1. The third-order valence-electron chi connectivity index (χ3n) is 2.52. The van der Waals surface area contributed by atoms with E-state index in [1.165, 1.54) is 0 Å². The topological polar surface area (TPSA) is 20.3 Å². The van der Waals surface area contributed by atoms with Crippen LogP contribution in [0.15, 0.2) is 0 Å². The van der Waals surface area contributed by atoms with Gasteiger partial charge in [-0.05, 0) is 33.7 Å². The Morgan fingerprint density at radius 3 is 2.45 bits per heavy atom. The molecule has 1 atom stereocenters. The number of carbonyl (C=O) groups excluding carboxylic acids is 1. The van der Waals surface area contributed by atoms with Gasteiger partial charge in [0.05, 0.1) is 0 Å². The Labute approximate surface area is 68.6 Å². The Morgan fingerprint density at radius 1 is 1.55 bits per heavy atom. The van der Waals surface area contributed by atoms with E-state index in [0.717, 1.165) is 19.5 Å². The molecule has 0 aliphatic carbocycles.